The molecule has 0 aromatic heterocycles. The zero-order valence-corrected chi connectivity index (χ0v) is 48.4. The SMILES string of the molecule is CC/C=C\C/C=C\C/C=C\C/C=C\CCCCCCCCC(=O)OCC(COC1OC(C(=O)O)C(O)C(O)C1OC(=O)CCCCCCCCC/C=C\C/C=C\CCCCC)OC(=O)CCCCCCC/C=C\CCCC. The number of carbonyl (C=O) groups is 4. The van der Waals surface area contributed by atoms with Gasteiger partial charge in [-0.15, -0.1) is 0 Å². The highest BCUT2D eigenvalue weighted by Gasteiger charge is 2.50. The fourth-order valence-electron chi connectivity index (χ4n) is 8.72. The molecular formula is C65H108O12. The number of carboxylic acids is 1. The van der Waals surface area contributed by atoms with Gasteiger partial charge >= 0.3 is 23.9 Å². The standard InChI is InChI=1S/C65H108O12/c1-4-7-10-13-16-19-22-24-26-28-29-31-32-34-37-39-42-45-48-51-57(66)73-54-56(75-58(67)52-49-46-43-40-36-21-18-15-12-9-6-3)55-74-65-63(61(70)60(69)62(77-65)64(71)72)76-59(68)53-50-47-44-41-38-35-33-30-27-25-23-20-17-14-11-8-5-2/h7,10,15-20,24-27,29,31,56,60-63,65,69-70H,4-6,8-9,11-14,21-23,28,30,32-55H2,1-3H3,(H,71,72)/b10-7-,18-15-,19-16-,20-17-,26-24-,27-25-,31-29-. The number of aliphatic carboxylic acids is 1. The van der Waals surface area contributed by atoms with Gasteiger partial charge in [0.05, 0.1) is 6.61 Å². The molecule has 12 nitrogen and oxygen atoms in total. The summed E-state index contributed by atoms with van der Waals surface area (Å²) in [6.45, 7) is 5.80. The van der Waals surface area contributed by atoms with Crippen LogP contribution in [0.5, 0.6) is 0 Å². The summed E-state index contributed by atoms with van der Waals surface area (Å²) in [5, 5.41) is 31.5. The number of ether oxygens (including phenoxy) is 5. The van der Waals surface area contributed by atoms with Gasteiger partial charge in [0.25, 0.3) is 0 Å². The smallest absolute Gasteiger partial charge is 0.335 e. The Labute approximate surface area is 467 Å². The van der Waals surface area contributed by atoms with E-state index in [1.807, 2.05) is 0 Å². The number of unbranched alkanes of at least 4 members (excludes halogenated alkanes) is 23. The molecule has 12 heteroatoms. The van der Waals surface area contributed by atoms with Crippen molar-refractivity contribution in [1.82, 2.24) is 0 Å². The van der Waals surface area contributed by atoms with Crippen molar-refractivity contribution in [3.05, 3.63) is 85.1 Å². The van der Waals surface area contributed by atoms with Crippen LogP contribution in [0.1, 0.15) is 252 Å². The van der Waals surface area contributed by atoms with Gasteiger partial charge in [0, 0.05) is 19.3 Å². The van der Waals surface area contributed by atoms with Gasteiger partial charge in [0.2, 0.25) is 0 Å². The number of hydrogen-bond acceptors (Lipinski definition) is 11. The third-order valence-corrected chi connectivity index (χ3v) is 13.4. The Morgan fingerprint density at radius 3 is 1.30 bits per heavy atom. The van der Waals surface area contributed by atoms with Gasteiger partial charge in [-0.05, 0) is 109 Å². The lowest BCUT2D eigenvalue weighted by Crippen LogP contribution is -2.61. The monoisotopic (exact) mass is 1080 g/mol. The van der Waals surface area contributed by atoms with Crippen molar-refractivity contribution >= 4 is 23.9 Å². The summed E-state index contributed by atoms with van der Waals surface area (Å²) in [7, 11) is 0. The van der Waals surface area contributed by atoms with Crippen molar-refractivity contribution in [2.45, 2.75) is 289 Å². The van der Waals surface area contributed by atoms with Crippen molar-refractivity contribution in [1.29, 1.82) is 0 Å². The van der Waals surface area contributed by atoms with E-state index in [4.69, 9.17) is 23.7 Å². The van der Waals surface area contributed by atoms with Crippen LogP contribution in [0, 0.1) is 0 Å². The Balaban J connectivity index is 2.66. The largest absolute Gasteiger partial charge is 0.479 e. The number of rotatable bonds is 51. The second-order valence-corrected chi connectivity index (χ2v) is 20.6. The van der Waals surface area contributed by atoms with Crippen molar-refractivity contribution in [3.63, 3.8) is 0 Å². The zero-order valence-electron chi connectivity index (χ0n) is 48.4. The first-order valence-corrected chi connectivity index (χ1v) is 30.6. The van der Waals surface area contributed by atoms with Gasteiger partial charge in [-0.25, -0.2) is 4.79 Å². The minimum Gasteiger partial charge on any atom is -0.479 e. The van der Waals surface area contributed by atoms with Gasteiger partial charge in [-0.3, -0.25) is 14.4 Å². The van der Waals surface area contributed by atoms with Gasteiger partial charge in [-0.1, -0.05) is 209 Å². The average Bonchev–Trinajstić information content (AvgIpc) is 3.41. The van der Waals surface area contributed by atoms with Gasteiger partial charge < -0.3 is 39.0 Å². The molecule has 0 bridgehead atoms. The van der Waals surface area contributed by atoms with E-state index in [0.29, 0.717) is 19.3 Å². The molecule has 0 saturated carbocycles. The van der Waals surface area contributed by atoms with Crippen molar-refractivity contribution in [2.24, 2.45) is 0 Å². The summed E-state index contributed by atoms with van der Waals surface area (Å²) in [5.41, 5.74) is 0. The maximum absolute atomic E-state index is 13.1. The first-order valence-electron chi connectivity index (χ1n) is 30.6. The van der Waals surface area contributed by atoms with E-state index in [1.54, 1.807) is 0 Å². The number of esters is 3. The predicted octanol–water partition coefficient (Wildman–Crippen LogP) is 15.9. The molecule has 440 valence electrons. The highest BCUT2D eigenvalue weighted by molar-refractivity contribution is 5.74. The Hall–Kier alpha value is -4.10. The second kappa shape index (κ2) is 52.6. The van der Waals surface area contributed by atoms with Crippen LogP contribution < -0.4 is 0 Å². The average molecular weight is 1080 g/mol. The molecule has 1 fully saturated rings. The summed E-state index contributed by atoms with van der Waals surface area (Å²) in [6, 6.07) is 0. The molecule has 0 aliphatic carbocycles. The molecule has 77 heavy (non-hydrogen) atoms. The Bertz CT molecular complexity index is 1660. The fourth-order valence-corrected chi connectivity index (χ4v) is 8.72. The lowest BCUT2D eigenvalue weighted by atomic mass is 9.98. The molecule has 1 rings (SSSR count). The first kappa shape index (κ1) is 70.9. The van der Waals surface area contributed by atoms with Crippen molar-refractivity contribution in [3.8, 4) is 0 Å². The van der Waals surface area contributed by atoms with Gasteiger partial charge in [0.1, 0.15) is 18.8 Å². The topological polar surface area (TPSA) is 175 Å². The molecule has 0 aromatic rings. The zero-order chi connectivity index (χ0) is 56.1. The predicted molar refractivity (Wildman–Crippen MR) is 312 cm³/mol. The van der Waals surface area contributed by atoms with Gasteiger partial charge in [0.15, 0.2) is 24.6 Å². The van der Waals surface area contributed by atoms with Gasteiger partial charge in [-0.2, -0.15) is 0 Å². The van der Waals surface area contributed by atoms with Crippen LogP contribution in [0.15, 0.2) is 85.1 Å². The highest BCUT2D eigenvalue weighted by atomic mass is 16.7. The van der Waals surface area contributed by atoms with Crippen molar-refractivity contribution < 1.29 is 58.2 Å². The Morgan fingerprint density at radius 2 is 0.831 bits per heavy atom. The minimum atomic E-state index is -1.91. The lowest BCUT2D eigenvalue weighted by Gasteiger charge is -2.40. The highest BCUT2D eigenvalue weighted by Crippen LogP contribution is 2.26. The molecule has 0 radical (unpaired) electrons. The molecule has 0 spiro atoms. The van der Waals surface area contributed by atoms with Crippen molar-refractivity contribution in [2.75, 3.05) is 13.2 Å². The van der Waals surface area contributed by atoms with Crippen LogP contribution in [0.3, 0.4) is 0 Å². The third-order valence-electron chi connectivity index (χ3n) is 13.4. The second-order valence-electron chi connectivity index (χ2n) is 20.6. The molecule has 0 amide bonds. The lowest BCUT2D eigenvalue weighted by molar-refractivity contribution is -0.301. The summed E-state index contributed by atoms with van der Waals surface area (Å²) in [6.07, 6.45) is 55.5. The molecule has 6 unspecified atom stereocenters. The normalized spacial score (nSPS) is 18.6. The summed E-state index contributed by atoms with van der Waals surface area (Å²) >= 11 is 0. The number of allylic oxidation sites excluding steroid dienone is 14. The Morgan fingerprint density at radius 1 is 0.442 bits per heavy atom. The summed E-state index contributed by atoms with van der Waals surface area (Å²) < 4.78 is 28.4. The number of hydrogen-bond donors (Lipinski definition) is 3. The van der Waals surface area contributed by atoms with Crippen LogP contribution in [-0.2, 0) is 42.9 Å². The van der Waals surface area contributed by atoms with E-state index < -0.39 is 67.3 Å². The van der Waals surface area contributed by atoms with Crippen LogP contribution in [0.25, 0.3) is 0 Å². The minimum absolute atomic E-state index is 0.0468. The molecule has 1 saturated heterocycles. The first-order chi connectivity index (χ1) is 37.6. The van der Waals surface area contributed by atoms with E-state index in [2.05, 4.69) is 106 Å². The maximum atomic E-state index is 13.1. The summed E-state index contributed by atoms with van der Waals surface area (Å²) in [5.74, 6) is -3.16. The van der Waals surface area contributed by atoms with E-state index in [-0.39, 0.29) is 25.9 Å². The van der Waals surface area contributed by atoms with E-state index in [0.717, 1.165) is 161 Å². The molecular weight excluding hydrogens is 973 g/mol. The molecule has 3 N–H and O–H groups in total. The van der Waals surface area contributed by atoms with Crippen LogP contribution in [0.2, 0.25) is 0 Å². The number of carboxylic acid groups (broad SMARTS) is 1. The molecule has 1 heterocycles. The number of aliphatic hydroxyl groups is 2. The number of carbonyl (C=O) groups excluding carboxylic acids is 3. The summed E-state index contributed by atoms with van der Waals surface area (Å²) in [4.78, 5) is 51.1. The van der Waals surface area contributed by atoms with E-state index >= 15 is 0 Å². The quantitative estimate of drug-likeness (QED) is 0.0228. The fraction of sp³-hybridized carbons (Fsp3) is 0.723. The Kier molecular flexibility index (Phi) is 48.4. The van der Waals surface area contributed by atoms with Crippen LogP contribution in [0.4, 0.5) is 0 Å². The molecule has 1 aliphatic rings. The van der Waals surface area contributed by atoms with Crippen LogP contribution >= 0.6 is 0 Å². The van der Waals surface area contributed by atoms with E-state index in [1.165, 1.54) is 32.1 Å². The van der Waals surface area contributed by atoms with E-state index in [9.17, 15) is 34.5 Å². The number of aliphatic hydroxyl groups excluding tert-OH is 2. The maximum Gasteiger partial charge on any atom is 0.335 e. The molecule has 6 atom stereocenters. The van der Waals surface area contributed by atoms with Crippen LogP contribution in [-0.4, -0.2) is 89.2 Å². The molecule has 0 aromatic carbocycles. The molecule has 1 aliphatic heterocycles. The third kappa shape index (κ3) is 42.5.